The molecule has 1 aliphatic heterocycles. The van der Waals surface area contributed by atoms with Crippen LogP contribution in [-0.4, -0.2) is 28.9 Å². The third-order valence-corrected chi connectivity index (χ3v) is 3.82. The molecule has 1 aromatic rings. The number of hydrogen-bond acceptors (Lipinski definition) is 3. The maximum atomic E-state index is 5.95. The van der Waals surface area contributed by atoms with Gasteiger partial charge in [-0.2, -0.15) is 0 Å². The largest absolute Gasteiger partial charge is 0.340 e. The highest BCUT2D eigenvalue weighted by Gasteiger charge is 2.33. The van der Waals surface area contributed by atoms with Crippen molar-refractivity contribution in [3.05, 3.63) is 16.9 Å². The highest BCUT2D eigenvalue weighted by atomic mass is 79.9. The quantitative estimate of drug-likeness (QED) is 0.784. The summed E-state index contributed by atoms with van der Waals surface area (Å²) >= 11 is 9.28. The molecule has 5 heteroatoms. The van der Waals surface area contributed by atoms with Crippen LogP contribution in [0.3, 0.4) is 0 Å². The van der Waals surface area contributed by atoms with E-state index in [1.165, 1.54) is 0 Å². The lowest BCUT2D eigenvalue weighted by Gasteiger charge is -2.21. The number of rotatable bonds is 2. The normalized spacial score (nSPS) is 25.9. The van der Waals surface area contributed by atoms with E-state index in [4.69, 9.17) is 11.6 Å². The van der Waals surface area contributed by atoms with Gasteiger partial charge in [0.1, 0.15) is 0 Å². The second-order valence-electron chi connectivity index (χ2n) is 4.32. The predicted octanol–water partition coefficient (Wildman–Crippen LogP) is 2.69. The molecule has 0 bridgehead atoms. The molecule has 1 fully saturated rings. The molecule has 1 unspecified atom stereocenters. The van der Waals surface area contributed by atoms with E-state index in [0.29, 0.717) is 5.88 Å². The third kappa shape index (κ3) is 2.42. The summed E-state index contributed by atoms with van der Waals surface area (Å²) in [5.74, 6) is 1.49. The smallest absolute Gasteiger partial charge is 0.225 e. The van der Waals surface area contributed by atoms with Crippen molar-refractivity contribution < 1.29 is 0 Å². The third-order valence-electron chi connectivity index (χ3n) is 2.77. The molecule has 0 N–H and O–H groups in total. The molecular weight excluding hydrogens is 277 g/mol. The molecule has 15 heavy (non-hydrogen) atoms. The Bertz CT molecular complexity index is 343. The van der Waals surface area contributed by atoms with Crippen molar-refractivity contribution in [3.8, 4) is 0 Å². The lowest BCUT2D eigenvalue weighted by molar-refractivity contribution is 0.425. The first-order chi connectivity index (χ1) is 7.13. The molecule has 0 saturated carbocycles. The Morgan fingerprint density at radius 2 is 2.20 bits per heavy atom. The molecule has 1 saturated heterocycles. The summed E-state index contributed by atoms with van der Waals surface area (Å²) in [6.07, 6.45) is 4.66. The van der Waals surface area contributed by atoms with Crippen LogP contribution in [0, 0.1) is 5.41 Å². The van der Waals surface area contributed by atoms with E-state index in [2.05, 4.69) is 37.7 Å². The zero-order valence-corrected chi connectivity index (χ0v) is 10.9. The van der Waals surface area contributed by atoms with Crippen molar-refractivity contribution in [3.63, 3.8) is 0 Å². The monoisotopic (exact) mass is 289 g/mol. The average molecular weight is 291 g/mol. The van der Waals surface area contributed by atoms with Crippen molar-refractivity contribution in [1.82, 2.24) is 9.97 Å². The molecule has 2 rings (SSSR count). The van der Waals surface area contributed by atoms with Crippen molar-refractivity contribution in [2.75, 3.05) is 23.9 Å². The Balaban J connectivity index is 2.11. The first-order valence-corrected chi connectivity index (χ1v) is 6.24. The van der Waals surface area contributed by atoms with Gasteiger partial charge in [-0.1, -0.05) is 6.92 Å². The molecule has 0 aromatic carbocycles. The minimum atomic E-state index is 0.206. The Kier molecular flexibility index (Phi) is 3.16. The van der Waals surface area contributed by atoms with Crippen molar-refractivity contribution in [2.45, 2.75) is 13.3 Å². The molecule has 1 aliphatic rings. The van der Waals surface area contributed by atoms with Gasteiger partial charge in [0, 0.05) is 36.8 Å². The Morgan fingerprint density at radius 1 is 1.53 bits per heavy atom. The van der Waals surface area contributed by atoms with Gasteiger partial charge in [0.2, 0.25) is 5.95 Å². The van der Waals surface area contributed by atoms with Crippen LogP contribution in [0.5, 0.6) is 0 Å². The maximum Gasteiger partial charge on any atom is 0.225 e. The topological polar surface area (TPSA) is 29.0 Å². The van der Waals surface area contributed by atoms with Crippen LogP contribution in [-0.2, 0) is 0 Å². The van der Waals surface area contributed by atoms with Crippen LogP contribution in [0.1, 0.15) is 13.3 Å². The van der Waals surface area contributed by atoms with Gasteiger partial charge >= 0.3 is 0 Å². The second-order valence-corrected chi connectivity index (χ2v) is 5.50. The number of anilines is 1. The lowest BCUT2D eigenvalue weighted by Crippen LogP contribution is -2.27. The highest BCUT2D eigenvalue weighted by molar-refractivity contribution is 9.10. The molecule has 0 spiro atoms. The van der Waals surface area contributed by atoms with Crippen LogP contribution in [0.2, 0.25) is 0 Å². The first kappa shape index (κ1) is 11.1. The van der Waals surface area contributed by atoms with E-state index < -0.39 is 0 Å². The van der Waals surface area contributed by atoms with Crippen molar-refractivity contribution in [2.24, 2.45) is 5.41 Å². The zero-order chi connectivity index (χ0) is 10.9. The summed E-state index contributed by atoms with van der Waals surface area (Å²) in [6, 6.07) is 0. The van der Waals surface area contributed by atoms with Gasteiger partial charge in [-0.15, -0.1) is 11.6 Å². The fraction of sp³-hybridized carbons (Fsp3) is 0.600. The first-order valence-electron chi connectivity index (χ1n) is 4.91. The number of nitrogens with zero attached hydrogens (tertiary/aromatic N) is 3. The van der Waals surface area contributed by atoms with Gasteiger partial charge < -0.3 is 4.90 Å². The second kappa shape index (κ2) is 4.26. The highest BCUT2D eigenvalue weighted by Crippen LogP contribution is 2.32. The molecule has 0 radical (unpaired) electrons. The van der Waals surface area contributed by atoms with Crippen LogP contribution in [0.15, 0.2) is 16.9 Å². The molecule has 2 heterocycles. The van der Waals surface area contributed by atoms with Gasteiger partial charge in [0.25, 0.3) is 0 Å². The fourth-order valence-corrected chi connectivity index (χ4v) is 2.20. The van der Waals surface area contributed by atoms with Crippen LogP contribution >= 0.6 is 27.5 Å². The summed E-state index contributed by atoms with van der Waals surface area (Å²) in [6.45, 7) is 4.14. The maximum absolute atomic E-state index is 5.95. The van der Waals surface area contributed by atoms with Crippen molar-refractivity contribution >= 4 is 33.5 Å². The lowest BCUT2D eigenvalue weighted by atomic mass is 9.93. The summed E-state index contributed by atoms with van der Waals surface area (Å²) < 4.78 is 0.908. The van der Waals surface area contributed by atoms with Crippen LogP contribution < -0.4 is 4.90 Å². The van der Waals surface area contributed by atoms with E-state index in [9.17, 15) is 0 Å². The molecule has 1 atom stereocenters. The number of alkyl halides is 1. The average Bonchev–Trinajstić information content (AvgIpc) is 2.63. The van der Waals surface area contributed by atoms with E-state index >= 15 is 0 Å². The molecule has 1 aromatic heterocycles. The van der Waals surface area contributed by atoms with Crippen molar-refractivity contribution in [1.29, 1.82) is 0 Å². The molecule has 0 amide bonds. The summed E-state index contributed by atoms with van der Waals surface area (Å²) in [5, 5.41) is 0. The van der Waals surface area contributed by atoms with E-state index in [0.717, 1.165) is 29.9 Å². The van der Waals surface area contributed by atoms with Crippen LogP contribution in [0.25, 0.3) is 0 Å². The Morgan fingerprint density at radius 3 is 2.73 bits per heavy atom. The van der Waals surface area contributed by atoms with Gasteiger partial charge in [-0.3, -0.25) is 0 Å². The number of aromatic nitrogens is 2. The standard InChI is InChI=1S/C10H13BrClN3/c1-10(6-12)2-3-15(7-10)9-13-4-8(11)5-14-9/h4-5H,2-3,6-7H2,1H3. The number of halogens is 2. The molecule has 82 valence electrons. The minimum Gasteiger partial charge on any atom is -0.340 e. The Labute approximate surface area is 103 Å². The fourth-order valence-electron chi connectivity index (χ4n) is 1.77. The summed E-state index contributed by atoms with van der Waals surface area (Å²) in [5.41, 5.74) is 0.206. The number of hydrogen-bond donors (Lipinski definition) is 0. The molecule has 0 aliphatic carbocycles. The molecule has 3 nitrogen and oxygen atoms in total. The van der Waals surface area contributed by atoms with Gasteiger partial charge in [0.05, 0.1) is 4.47 Å². The van der Waals surface area contributed by atoms with Gasteiger partial charge in [0.15, 0.2) is 0 Å². The zero-order valence-electron chi connectivity index (χ0n) is 8.58. The van der Waals surface area contributed by atoms with E-state index in [-0.39, 0.29) is 5.41 Å². The summed E-state index contributed by atoms with van der Waals surface area (Å²) in [7, 11) is 0. The molecular formula is C10H13BrClN3. The predicted molar refractivity (Wildman–Crippen MR) is 65.4 cm³/mol. The summed E-state index contributed by atoms with van der Waals surface area (Å²) in [4.78, 5) is 10.8. The van der Waals surface area contributed by atoms with Crippen LogP contribution in [0.4, 0.5) is 5.95 Å². The Hall–Kier alpha value is -0.350. The van der Waals surface area contributed by atoms with Gasteiger partial charge in [-0.05, 0) is 22.4 Å². The van der Waals surface area contributed by atoms with Gasteiger partial charge in [-0.25, -0.2) is 9.97 Å². The SMILES string of the molecule is CC1(CCl)CCN(c2ncc(Br)cn2)C1. The van der Waals surface area contributed by atoms with E-state index in [1.807, 2.05) is 0 Å². The minimum absolute atomic E-state index is 0.206. The van der Waals surface area contributed by atoms with E-state index in [1.54, 1.807) is 12.4 Å².